The van der Waals surface area contributed by atoms with E-state index in [1.807, 2.05) is 184 Å². The summed E-state index contributed by atoms with van der Waals surface area (Å²) in [7, 11) is 0. The summed E-state index contributed by atoms with van der Waals surface area (Å²) in [5.74, 6) is 0.104. The Balaban J connectivity index is -0.000000336. The Labute approximate surface area is 429 Å². The third-order valence-electron chi connectivity index (χ3n) is 7.52. The number of rotatable bonds is 5. The quantitative estimate of drug-likeness (QED) is 0.0513. The maximum Gasteiger partial charge on any atom is 1.00 e. The number of aliphatic hydroxyl groups excluding tert-OH is 1. The van der Waals surface area contributed by atoms with Gasteiger partial charge in [-0.1, -0.05) is 102 Å². The molecule has 6 rings (SSSR count). The minimum Gasteiger partial charge on any atom is -1.00 e. The van der Waals surface area contributed by atoms with Gasteiger partial charge in [0, 0.05) is 79.8 Å². The molecule has 3 aromatic heterocycles. The molecule has 3 heterocycles. The first-order valence-corrected chi connectivity index (χ1v) is 18.0. The summed E-state index contributed by atoms with van der Waals surface area (Å²) in [6.07, 6.45) is 1.33. The second kappa shape index (κ2) is 32.7. The van der Waals surface area contributed by atoms with E-state index >= 15 is 0 Å². The molecular formula is C48H53Ir2N3Na2O5-2. The molecule has 1 N–H and O–H groups in total. The Morgan fingerprint density at radius 1 is 0.600 bits per heavy atom. The number of nitrogens with zero attached hydrogens (tertiary/aromatic N) is 3. The zero-order valence-electron chi connectivity index (χ0n) is 37.4. The van der Waals surface area contributed by atoms with E-state index in [0.717, 1.165) is 45.3 Å². The molecule has 0 saturated carbocycles. The molecular weight excluding hydrogens is 1130 g/mol. The molecule has 0 amide bonds. The van der Waals surface area contributed by atoms with E-state index in [0.29, 0.717) is 0 Å². The molecule has 312 valence electrons. The average Bonchev–Trinajstić information content (AvgIpc) is 3.19. The molecule has 0 aliphatic rings. The van der Waals surface area contributed by atoms with Crippen LogP contribution in [0, 0.1) is 43.7 Å². The van der Waals surface area contributed by atoms with Gasteiger partial charge in [-0.05, 0) is 56.4 Å². The third-order valence-corrected chi connectivity index (χ3v) is 7.52. The first kappa shape index (κ1) is 61.3. The Hall–Kier alpha value is -2.95. The van der Waals surface area contributed by atoms with Gasteiger partial charge in [-0.15, -0.1) is 71.8 Å². The number of aryl methyl sites for hydroxylation is 3. The van der Waals surface area contributed by atoms with E-state index < -0.39 is 5.41 Å². The number of carbonyl (C=O) groups is 2. The van der Waals surface area contributed by atoms with Crippen molar-refractivity contribution in [3.8, 4) is 33.8 Å². The van der Waals surface area contributed by atoms with Crippen LogP contribution in [-0.2, 0) is 54.7 Å². The zero-order chi connectivity index (χ0) is 41.6. The van der Waals surface area contributed by atoms with E-state index in [1.54, 1.807) is 0 Å². The van der Waals surface area contributed by atoms with Crippen molar-refractivity contribution in [2.24, 2.45) is 10.8 Å². The van der Waals surface area contributed by atoms with Crippen molar-refractivity contribution >= 4 is 12.3 Å². The first-order valence-electron chi connectivity index (χ1n) is 18.0. The molecule has 0 fully saturated rings. The van der Waals surface area contributed by atoms with Gasteiger partial charge in [0.25, 0.3) is 6.47 Å². The third kappa shape index (κ3) is 25.1. The molecule has 8 nitrogen and oxygen atoms in total. The average molecular weight is 1180 g/mol. The number of allylic oxidation sites excluding steroid dienone is 2. The van der Waals surface area contributed by atoms with Crippen molar-refractivity contribution < 1.29 is 126 Å². The Bertz CT molecular complexity index is 1910. The fraction of sp³-hybridized carbons (Fsp3) is 0.229. The number of ketones is 1. The zero-order valence-corrected chi connectivity index (χ0v) is 45.2. The standard InChI is InChI=1S/C12H11N.2C12H10N.C11H20O2.CH2O3.2Ir.2Na.H/c3*1-10-6-5-9-12(13-10)11-7-3-2-4-8-11;1-10(2,3)8(12)7-9(13)11(4,5)6;2-1-4-3;;;;;/h2-9H,1H3;2*2-7,9H,1H3;7,12H,1-6H3;1,3H;;;;;/q;2*-1;;;;;2*+1;-1/p-1. The summed E-state index contributed by atoms with van der Waals surface area (Å²) in [5, 5.41) is 18.0. The first-order chi connectivity index (χ1) is 26.5. The van der Waals surface area contributed by atoms with Crippen molar-refractivity contribution in [3.05, 3.63) is 175 Å². The van der Waals surface area contributed by atoms with Crippen LogP contribution >= 0.6 is 0 Å². The number of carbonyl (C=O) groups excluding carboxylic acids is 2. The van der Waals surface area contributed by atoms with Gasteiger partial charge in [-0.2, -0.15) is 0 Å². The minimum absolute atomic E-state index is 0. The van der Waals surface area contributed by atoms with Gasteiger partial charge in [-0.25, -0.2) is 0 Å². The van der Waals surface area contributed by atoms with Gasteiger partial charge < -0.3 is 26.6 Å². The molecule has 3 aromatic carbocycles. The van der Waals surface area contributed by atoms with Crippen LogP contribution in [0.5, 0.6) is 0 Å². The summed E-state index contributed by atoms with van der Waals surface area (Å²) >= 11 is 0. The number of benzene rings is 3. The van der Waals surface area contributed by atoms with Crippen LogP contribution in [0.15, 0.2) is 145 Å². The van der Waals surface area contributed by atoms with Gasteiger partial charge in [0.15, 0.2) is 5.78 Å². The second-order valence-corrected chi connectivity index (χ2v) is 14.5. The van der Waals surface area contributed by atoms with Crippen molar-refractivity contribution in [2.75, 3.05) is 0 Å². The van der Waals surface area contributed by atoms with Crippen molar-refractivity contribution in [2.45, 2.75) is 62.3 Å². The summed E-state index contributed by atoms with van der Waals surface area (Å²) in [4.78, 5) is 36.0. The van der Waals surface area contributed by atoms with E-state index in [-0.39, 0.29) is 124 Å². The predicted octanol–water partition coefficient (Wildman–Crippen LogP) is 4.41. The smallest absolute Gasteiger partial charge is 1.00 e. The second-order valence-electron chi connectivity index (χ2n) is 14.5. The molecule has 2 radical (unpaired) electrons. The van der Waals surface area contributed by atoms with Crippen LogP contribution in [0.25, 0.3) is 33.8 Å². The molecule has 0 atom stereocenters. The van der Waals surface area contributed by atoms with Crippen LogP contribution in [0.2, 0.25) is 0 Å². The van der Waals surface area contributed by atoms with Crippen molar-refractivity contribution in [1.82, 2.24) is 15.0 Å². The number of hydrogen-bond acceptors (Lipinski definition) is 8. The normalized spacial score (nSPS) is 9.93. The van der Waals surface area contributed by atoms with E-state index in [2.05, 4.69) is 44.1 Å². The Kier molecular flexibility index (Phi) is 33.5. The summed E-state index contributed by atoms with van der Waals surface area (Å²) < 4.78 is 0. The van der Waals surface area contributed by atoms with Gasteiger partial charge in [-0.3, -0.25) is 14.6 Å². The van der Waals surface area contributed by atoms with E-state index in [4.69, 9.17) is 10.1 Å². The maximum atomic E-state index is 11.5. The molecule has 0 aliphatic carbocycles. The van der Waals surface area contributed by atoms with Gasteiger partial charge in [0.1, 0.15) is 5.76 Å². The summed E-state index contributed by atoms with van der Waals surface area (Å²) in [6.45, 7) is 16.9. The fourth-order valence-corrected chi connectivity index (χ4v) is 4.36. The molecule has 0 spiro atoms. The molecule has 0 bridgehead atoms. The van der Waals surface area contributed by atoms with Crippen molar-refractivity contribution in [3.63, 3.8) is 0 Å². The van der Waals surface area contributed by atoms with Crippen LogP contribution in [0.4, 0.5) is 0 Å². The molecule has 0 aliphatic heterocycles. The topological polar surface area (TPSA) is 125 Å². The monoisotopic (exact) mass is 1180 g/mol. The molecule has 6 aromatic rings. The SMILES string of the molecule is CC(C)(C)C(=O)C=C(O)C(C)(C)C.Cc1cccc(-c2[c-]cccc2)n1.Cc1cccc(-c2[c-]cccc2)n1.Cc1cccc(-c2ccccc2)n1.O=CO[O-].[H-].[Ir].[Ir].[Na+].[Na+]. The molecule has 60 heavy (non-hydrogen) atoms. The minimum atomic E-state index is -0.417. The largest absolute Gasteiger partial charge is 1.00 e. The molecule has 0 unspecified atom stereocenters. The number of aromatic nitrogens is 3. The number of hydrogen-bond donors (Lipinski definition) is 1. The van der Waals surface area contributed by atoms with Crippen LogP contribution in [-0.4, -0.2) is 32.3 Å². The van der Waals surface area contributed by atoms with E-state index in [1.165, 1.54) is 11.6 Å². The van der Waals surface area contributed by atoms with Crippen molar-refractivity contribution in [1.29, 1.82) is 0 Å². The van der Waals surface area contributed by atoms with E-state index in [9.17, 15) is 9.90 Å². The maximum absolute atomic E-state index is 11.5. The predicted molar refractivity (Wildman–Crippen MR) is 224 cm³/mol. The summed E-state index contributed by atoms with van der Waals surface area (Å²) in [6, 6.07) is 50.3. The Morgan fingerprint density at radius 3 is 1.28 bits per heavy atom. The number of aliphatic hydroxyl groups is 1. The van der Waals surface area contributed by atoms with Crippen LogP contribution in [0.3, 0.4) is 0 Å². The Morgan fingerprint density at radius 2 is 0.967 bits per heavy atom. The van der Waals surface area contributed by atoms with Crippen LogP contribution < -0.4 is 64.4 Å². The van der Waals surface area contributed by atoms with Gasteiger partial charge in [0.2, 0.25) is 0 Å². The van der Waals surface area contributed by atoms with Crippen LogP contribution in [0.1, 0.15) is 60.1 Å². The summed E-state index contributed by atoms with van der Waals surface area (Å²) in [5.41, 5.74) is 8.65. The molecule has 12 heteroatoms. The number of pyridine rings is 3. The fourth-order valence-electron chi connectivity index (χ4n) is 4.36. The van der Waals surface area contributed by atoms with Gasteiger partial charge in [0.05, 0.1) is 5.69 Å². The molecule has 0 saturated heterocycles. The van der Waals surface area contributed by atoms with Gasteiger partial charge >= 0.3 is 59.1 Å².